The first-order chi connectivity index (χ1) is 15.7. The van der Waals surface area contributed by atoms with Crippen molar-refractivity contribution in [2.75, 3.05) is 0 Å². The Kier molecular flexibility index (Phi) is 5.84. The summed E-state index contributed by atoms with van der Waals surface area (Å²) in [6.07, 6.45) is 0. The molecule has 0 aliphatic heterocycles. The molecule has 166 valence electrons. The lowest BCUT2D eigenvalue weighted by atomic mass is 10.0. The molecule has 0 unspecified atom stereocenters. The number of hydrogen-bond donors (Lipinski definition) is 1. The summed E-state index contributed by atoms with van der Waals surface area (Å²) in [6.45, 7) is 7.51. The molecule has 1 heterocycles. The summed E-state index contributed by atoms with van der Waals surface area (Å²) in [5.74, 6) is -0.958. The second-order valence-corrected chi connectivity index (χ2v) is 8.02. The summed E-state index contributed by atoms with van der Waals surface area (Å²) in [5.41, 5.74) is 2.98. The lowest BCUT2D eigenvalue weighted by molar-refractivity contribution is -0.128. The number of benzene rings is 3. The van der Waals surface area contributed by atoms with Crippen molar-refractivity contribution in [1.82, 2.24) is 4.98 Å². The number of rotatable bonds is 4. The van der Waals surface area contributed by atoms with Gasteiger partial charge in [-0.25, -0.2) is 14.6 Å². The highest BCUT2D eigenvalue weighted by molar-refractivity contribution is 6.23. The fourth-order valence-corrected chi connectivity index (χ4v) is 3.74. The molecule has 0 saturated heterocycles. The number of nitrogens with zero attached hydrogens (tertiary/aromatic N) is 1. The van der Waals surface area contributed by atoms with Crippen LogP contribution in [-0.2, 0) is 4.79 Å². The quantitative estimate of drug-likeness (QED) is 0.196. The van der Waals surface area contributed by atoms with Crippen LogP contribution in [0, 0.1) is 27.7 Å². The van der Waals surface area contributed by atoms with Gasteiger partial charge >= 0.3 is 11.6 Å². The van der Waals surface area contributed by atoms with Crippen LogP contribution in [0.3, 0.4) is 0 Å². The van der Waals surface area contributed by atoms with Gasteiger partial charge in [-0.3, -0.25) is 0 Å². The van der Waals surface area contributed by atoms with E-state index < -0.39 is 17.4 Å². The van der Waals surface area contributed by atoms with Crippen molar-refractivity contribution in [3.8, 4) is 5.75 Å². The minimum Gasteiger partial charge on any atom is -0.506 e. The van der Waals surface area contributed by atoms with Crippen LogP contribution in [0.25, 0.3) is 22.4 Å². The Morgan fingerprint density at radius 3 is 2.21 bits per heavy atom. The number of ether oxygens (including phenoxy) is 1. The number of aliphatic hydroxyl groups excluding tert-OH is 1. The van der Waals surface area contributed by atoms with Gasteiger partial charge in [0.05, 0.1) is 0 Å². The number of fused-ring (bicyclic) bond motifs is 1. The number of carbonyl (C=O) groups excluding carboxylic acids is 1. The van der Waals surface area contributed by atoms with Gasteiger partial charge in [-0.15, -0.1) is 0 Å². The van der Waals surface area contributed by atoms with Crippen LogP contribution < -0.4 is 10.4 Å². The van der Waals surface area contributed by atoms with Crippen molar-refractivity contribution >= 4 is 28.4 Å². The molecule has 4 aromatic rings. The Labute approximate surface area is 190 Å². The van der Waals surface area contributed by atoms with Gasteiger partial charge in [0.1, 0.15) is 22.6 Å². The van der Waals surface area contributed by atoms with Crippen molar-refractivity contribution < 1.29 is 19.1 Å². The lowest BCUT2D eigenvalue weighted by Gasteiger charge is -2.14. The molecule has 0 aliphatic rings. The van der Waals surface area contributed by atoms with Crippen LogP contribution in [0.2, 0.25) is 0 Å². The molecule has 0 saturated carbocycles. The molecule has 0 bridgehead atoms. The van der Waals surface area contributed by atoms with Gasteiger partial charge in [-0.2, -0.15) is 0 Å². The summed E-state index contributed by atoms with van der Waals surface area (Å²) >= 11 is 0. The minimum absolute atomic E-state index is 0.277. The maximum atomic E-state index is 13.4. The van der Waals surface area contributed by atoms with Gasteiger partial charge in [-0.05, 0) is 51.0 Å². The van der Waals surface area contributed by atoms with Gasteiger partial charge in [0, 0.05) is 5.56 Å². The molecule has 0 atom stereocenters. The number of para-hydroxylation sites is 2. The first-order valence-electron chi connectivity index (χ1n) is 10.4. The summed E-state index contributed by atoms with van der Waals surface area (Å²) in [5, 5.41) is 11.1. The molecule has 1 N–H and O–H groups in total. The predicted molar refractivity (Wildman–Crippen MR) is 127 cm³/mol. The number of aliphatic hydroxyl groups is 1. The Morgan fingerprint density at radius 2 is 1.55 bits per heavy atom. The maximum Gasteiger partial charge on any atom is 0.363 e. The van der Waals surface area contributed by atoms with Crippen molar-refractivity contribution in [2.45, 2.75) is 27.7 Å². The highest BCUT2D eigenvalue weighted by atomic mass is 16.5. The zero-order valence-corrected chi connectivity index (χ0v) is 18.8. The monoisotopic (exact) mass is 441 g/mol. The van der Waals surface area contributed by atoms with Crippen LogP contribution in [-0.4, -0.2) is 16.1 Å². The fourth-order valence-electron chi connectivity index (χ4n) is 3.74. The third kappa shape index (κ3) is 4.41. The van der Waals surface area contributed by atoms with Crippen LogP contribution >= 0.6 is 0 Å². The van der Waals surface area contributed by atoms with E-state index in [9.17, 15) is 14.7 Å². The number of hydrogen-bond acceptors (Lipinski definition) is 6. The smallest absolute Gasteiger partial charge is 0.363 e. The van der Waals surface area contributed by atoms with Crippen molar-refractivity contribution in [1.29, 1.82) is 0 Å². The standard InChI is InChI=1S/C27H23NO5/c1-15-9-11-19(12-10-15)24(29)22(23-27(31)32-21-8-6-5-7-20(21)28-23)26(30)33-25-17(3)13-16(2)14-18(25)4/h5-14,29H,1-4H3. The first-order valence-corrected chi connectivity index (χ1v) is 10.4. The Hall–Kier alpha value is -4.19. The highest BCUT2D eigenvalue weighted by Gasteiger charge is 2.27. The third-order valence-electron chi connectivity index (χ3n) is 5.30. The number of aromatic nitrogens is 1. The van der Waals surface area contributed by atoms with Gasteiger partial charge in [0.25, 0.3) is 0 Å². The summed E-state index contributed by atoms with van der Waals surface area (Å²) in [6, 6.07) is 17.4. The van der Waals surface area contributed by atoms with Crippen LogP contribution in [0.1, 0.15) is 33.5 Å². The minimum atomic E-state index is -0.904. The zero-order valence-electron chi connectivity index (χ0n) is 18.8. The molecule has 0 amide bonds. The lowest BCUT2D eigenvalue weighted by Crippen LogP contribution is -2.20. The molecule has 6 heteroatoms. The SMILES string of the molecule is Cc1ccc(C(O)=C(C(=O)Oc2c(C)cc(C)cc2C)c2nc3ccccc3oc2=O)cc1. The van der Waals surface area contributed by atoms with Gasteiger partial charge < -0.3 is 14.3 Å². The van der Waals surface area contributed by atoms with Gasteiger partial charge in [0.15, 0.2) is 11.3 Å². The van der Waals surface area contributed by atoms with E-state index in [-0.39, 0.29) is 16.9 Å². The molecule has 33 heavy (non-hydrogen) atoms. The second-order valence-electron chi connectivity index (χ2n) is 8.02. The van der Waals surface area contributed by atoms with Crippen molar-refractivity contribution in [3.05, 3.63) is 105 Å². The molecular formula is C27H23NO5. The van der Waals surface area contributed by atoms with E-state index in [1.54, 1.807) is 48.5 Å². The Morgan fingerprint density at radius 1 is 0.909 bits per heavy atom. The van der Waals surface area contributed by atoms with E-state index >= 15 is 0 Å². The number of aryl methyl sites for hydroxylation is 4. The first kappa shape index (κ1) is 22.0. The molecule has 3 aromatic carbocycles. The molecule has 1 aromatic heterocycles. The molecule has 0 spiro atoms. The summed E-state index contributed by atoms with van der Waals surface area (Å²) < 4.78 is 11.1. The molecule has 0 fully saturated rings. The summed E-state index contributed by atoms with van der Waals surface area (Å²) in [7, 11) is 0. The molecule has 0 radical (unpaired) electrons. The van der Waals surface area contributed by atoms with E-state index in [4.69, 9.17) is 9.15 Å². The van der Waals surface area contributed by atoms with E-state index in [0.717, 1.165) is 22.3 Å². The van der Waals surface area contributed by atoms with E-state index in [2.05, 4.69) is 4.98 Å². The number of esters is 1. The van der Waals surface area contributed by atoms with Gasteiger partial charge in [0.2, 0.25) is 0 Å². The van der Waals surface area contributed by atoms with Crippen LogP contribution in [0.5, 0.6) is 5.75 Å². The molecule has 0 aliphatic carbocycles. The third-order valence-corrected chi connectivity index (χ3v) is 5.30. The number of carbonyl (C=O) groups is 1. The van der Waals surface area contributed by atoms with E-state index in [1.807, 2.05) is 39.8 Å². The second kappa shape index (κ2) is 8.74. The fraction of sp³-hybridized carbons (Fsp3) is 0.148. The average Bonchev–Trinajstić information content (AvgIpc) is 2.77. The molecular weight excluding hydrogens is 418 g/mol. The highest BCUT2D eigenvalue weighted by Crippen LogP contribution is 2.29. The average molecular weight is 441 g/mol. The van der Waals surface area contributed by atoms with E-state index in [0.29, 0.717) is 16.8 Å². The predicted octanol–water partition coefficient (Wildman–Crippen LogP) is 5.45. The zero-order chi connectivity index (χ0) is 23.7. The Bertz CT molecular complexity index is 1440. The topological polar surface area (TPSA) is 89.6 Å². The largest absolute Gasteiger partial charge is 0.506 e. The van der Waals surface area contributed by atoms with Crippen molar-refractivity contribution in [2.24, 2.45) is 0 Å². The normalized spacial score (nSPS) is 11.9. The molecule has 4 rings (SSSR count). The van der Waals surface area contributed by atoms with Gasteiger partial charge in [-0.1, -0.05) is 59.7 Å². The van der Waals surface area contributed by atoms with Crippen LogP contribution in [0.4, 0.5) is 0 Å². The van der Waals surface area contributed by atoms with E-state index in [1.165, 1.54) is 0 Å². The Balaban J connectivity index is 1.92. The summed E-state index contributed by atoms with van der Waals surface area (Å²) in [4.78, 5) is 30.6. The molecule has 6 nitrogen and oxygen atoms in total. The van der Waals surface area contributed by atoms with Crippen molar-refractivity contribution in [3.63, 3.8) is 0 Å². The maximum absolute atomic E-state index is 13.4. The van der Waals surface area contributed by atoms with Crippen LogP contribution in [0.15, 0.2) is 69.9 Å².